The molecule has 0 saturated carbocycles. The zero-order chi connectivity index (χ0) is 33.5. The molecule has 240 valence electrons. The maximum Gasteiger partial charge on any atom is 0.234 e. The Morgan fingerprint density at radius 3 is 1.94 bits per heavy atom. The van der Waals surface area contributed by atoms with Gasteiger partial charge in [0.1, 0.15) is 12.0 Å². The summed E-state index contributed by atoms with van der Waals surface area (Å²) in [5.74, 6) is 1.47. The number of rotatable bonds is 3. The molecule has 0 fully saturated rings. The Labute approximate surface area is 301 Å². The van der Waals surface area contributed by atoms with Gasteiger partial charge in [-0.15, -0.1) is 22.7 Å². The predicted octanol–water partition coefficient (Wildman–Crippen LogP) is 12.2. The molecule has 0 amide bonds. The van der Waals surface area contributed by atoms with Crippen molar-refractivity contribution in [2.75, 3.05) is 0 Å². The van der Waals surface area contributed by atoms with E-state index in [2.05, 4.69) is 155 Å². The molecule has 4 heterocycles. The molecule has 1 unspecified atom stereocenters. The van der Waals surface area contributed by atoms with Crippen LogP contribution in [0.25, 0.3) is 73.3 Å². The van der Waals surface area contributed by atoms with Crippen LogP contribution in [0.1, 0.15) is 17.3 Å². The van der Waals surface area contributed by atoms with Crippen LogP contribution in [-0.4, -0.2) is 16.4 Å². The summed E-state index contributed by atoms with van der Waals surface area (Å²) in [6, 6.07) is 56.5. The highest BCUT2D eigenvalue weighted by molar-refractivity contribution is 7.27. The Balaban J connectivity index is 1.22. The lowest BCUT2D eigenvalue weighted by atomic mass is 10.00. The largest absolute Gasteiger partial charge is 0.344 e. The summed E-state index contributed by atoms with van der Waals surface area (Å²) in [5, 5.41) is 11.3. The highest BCUT2D eigenvalue weighted by Gasteiger charge is 2.25. The number of benzene rings is 7. The average Bonchev–Trinajstić information content (AvgIpc) is 3.87. The Morgan fingerprint density at radius 2 is 1.16 bits per heavy atom. The van der Waals surface area contributed by atoms with Gasteiger partial charge in [-0.05, 0) is 47.0 Å². The van der Waals surface area contributed by atoms with E-state index in [0.29, 0.717) is 5.96 Å². The van der Waals surface area contributed by atoms with Crippen molar-refractivity contribution < 1.29 is 0 Å². The minimum absolute atomic E-state index is 0.292. The molecule has 6 heteroatoms. The Morgan fingerprint density at radius 1 is 0.510 bits per heavy atom. The van der Waals surface area contributed by atoms with Crippen molar-refractivity contribution in [3.63, 3.8) is 0 Å². The van der Waals surface area contributed by atoms with Gasteiger partial charge in [0, 0.05) is 56.7 Å². The summed E-state index contributed by atoms with van der Waals surface area (Å²) < 4.78 is 7.49. The molecule has 4 nitrogen and oxygen atoms in total. The number of hydrogen-bond donors (Lipinski definition) is 1. The molecule has 1 aliphatic heterocycles. The van der Waals surface area contributed by atoms with Gasteiger partial charge in [-0.3, -0.25) is 4.57 Å². The van der Waals surface area contributed by atoms with Gasteiger partial charge >= 0.3 is 0 Å². The third kappa shape index (κ3) is 4.43. The summed E-state index contributed by atoms with van der Waals surface area (Å²) in [5.41, 5.74) is 6.77. The standard InChI is InChI=1S/C45H28N4S2/c1-3-12-27(13-4-1)43-46-44(28-14-5-2-6-15-28)48-45(47-43)49-36-24-22-29(30-18-11-19-33-31-16-7-9-20-38(31)50-41(30)33)26-35(36)40-37(49)25-23-34-32-17-8-10-21-39(32)51-42(34)40/h1-26,43H,(H,46,47,48). The fourth-order valence-electron chi connectivity index (χ4n) is 7.73. The third-order valence-corrected chi connectivity index (χ3v) is 12.5. The first kappa shape index (κ1) is 28.7. The number of nitrogens with zero attached hydrogens (tertiary/aromatic N) is 3. The quantitative estimate of drug-likeness (QED) is 0.197. The molecular weight excluding hydrogens is 661 g/mol. The molecule has 1 N–H and O–H groups in total. The highest BCUT2D eigenvalue weighted by Crippen LogP contribution is 2.45. The molecule has 0 bridgehead atoms. The van der Waals surface area contributed by atoms with E-state index in [9.17, 15) is 0 Å². The van der Waals surface area contributed by atoms with Crippen molar-refractivity contribution in [2.45, 2.75) is 6.17 Å². The molecule has 10 aromatic rings. The van der Waals surface area contributed by atoms with E-state index in [-0.39, 0.29) is 6.17 Å². The Hall–Kier alpha value is -6.08. The average molecular weight is 689 g/mol. The van der Waals surface area contributed by atoms with Crippen LogP contribution in [0.2, 0.25) is 0 Å². The lowest BCUT2D eigenvalue weighted by molar-refractivity contribution is 0.668. The van der Waals surface area contributed by atoms with E-state index in [4.69, 9.17) is 9.98 Å². The topological polar surface area (TPSA) is 41.7 Å². The fraction of sp³-hybridized carbons (Fsp3) is 0.0222. The van der Waals surface area contributed by atoms with Crippen molar-refractivity contribution in [3.8, 4) is 11.1 Å². The summed E-state index contributed by atoms with van der Waals surface area (Å²) >= 11 is 3.74. The van der Waals surface area contributed by atoms with Gasteiger partial charge in [0.25, 0.3) is 0 Å². The second-order valence-electron chi connectivity index (χ2n) is 13.0. The first-order chi connectivity index (χ1) is 25.3. The van der Waals surface area contributed by atoms with Gasteiger partial charge in [0.05, 0.1) is 11.0 Å². The normalized spacial score (nSPS) is 14.9. The SMILES string of the molecule is c1ccc(C2=NC(n3c4ccc(-c5cccc6c5sc5ccccc56)cc4c4c5sc6ccccc6c5ccc43)=NC(c3ccccc3)N2)cc1. The Bertz CT molecular complexity index is 3060. The summed E-state index contributed by atoms with van der Waals surface area (Å²) in [4.78, 5) is 10.6. The van der Waals surface area contributed by atoms with E-state index in [0.717, 1.165) is 28.0 Å². The van der Waals surface area contributed by atoms with Crippen LogP contribution < -0.4 is 5.32 Å². The van der Waals surface area contributed by atoms with Gasteiger partial charge in [-0.2, -0.15) is 4.99 Å². The van der Waals surface area contributed by atoms with Gasteiger partial charge in [-0.1, -0.05) is 127 Å². The van der Waals surface area contributed by atoms with Gasteiger partial charge < -0.3 is 5.32 Å². The molecule has 1 aliphatic rings. The monoisotopic (exact) mass is 688 g/mol. The molecule has 0 radical (unpaired) electrons. The van der Waals surface area contributed by atoms with E-state index in [1.54, 1.807) is 0 Å². The molecule has 0 aliphatic carbocycles. The van der Waals surface area contributed by atoms with E-state index in [1.165, 1.54) is 62.2 Å². The summed E-state index contributed by atoms with van der Waals surface area (Å²) in [7, 11) is 0. The molecule has 0 saturated heterocycles. The summed E-state index contributed by atoms with van der Waals surface area (Å²) in [6.07, 6.45) is -0.292. The first-order valence-electron chi connectivity index (χ1n) is 17.1. The molecule has 3 aromatic heterocycles. The van der Waals surface area contributed by atoms with Crippen LogP contribution in [0, 0.1) is 0 Å². The second-order valence-corrected chi connectivity index (χ2v) is 15.1. The number of hydrogen-bond acceptors (Lipinski definition) is 5. The maximum absolute atomic E-state index is 5.33. The van der Waals surface area contributed by atoms with E-state index >= 15 is 0 Å². The second kappa shape index (κ2) is 11.2. The number of aliphatic imine (C=N–C) groups is 2. The van der Waals surface area contributed by atoms with E-state index in [1.807, 2.05) is 34.8 Å². The lowest BCUT2D eigenvalue weighted by Crippen LogP contribution is -2.35. The van der Waals surface area contributed by atoms with Crippen LogP contribution in [0.4, 0.5) is 0 Å². The minimum atomic E-state index is -0.292. The highest BCUT2D eigenvalue weighted by atomic mass is 32.1. The van der Waals surface area contributed by atoms with Crippen LogP contribution >= 0.6 is 22.7 Å². The smallest absolute Gasteiger partial charge is 0.234 e. The van der Waals surface area contributed by atoms with Crippen molar-refractivity contribution in [1.82, 2.24) is 9.88 Å². The number of amidine groups is 1. The van der Waals surface area contributed by atoms with E-state index < -0.39 is 0 Å². The van der Waals surface area contributed by atoms with Crippen molar-refractivity contribution in [1.29, 1.82) is 0 Å². The molecule has 7 aromatic carbocycles. The van der Waals surface area contributed by atoms with Gasteiger partial charge in [0.15, 0.2) is 0 Å². The zero-order valence-corrected chi connectivity index (χ0v) is 28.9. The zero-order valence-electron chi connectivity index (χ0n) is 27.2. The van der Waals surface area contributed by atoms with Crippen molar-refractivity contribution in [2.24, 2.45) is 9.98 Å². The number of aromatic nitrogens is 1. The molecule has 1 atom stereocenters. The molecule has 11 rings (SSSR count). The predicted molar refractivity (Wildman–Crippen MR) is 219 cm³/mol. The van der Waals surface area contributed by atoms with Crippen LogP contribution in [0.3, 0.4) is 0 Å². The van der Waals surface area contributed by atoms with Gasteiger partial charge in [-0.25, -0.2) is 4.99 Å². The fourth-order valence-corrected chi connectivity index (χ4v) is 10.2. The Kier molecular flexibility index (Phi) is 6.32. The van der Waals surface area contributed by atoms with Crippen molar-refractivity contribution in [3.05, 3.63) is 169 Å². The van der Waals surface area contributed by atoms with Crippen LogP contribution in [-0.2, 0) is 0 Å². The minimum Gasteiger partial charge on any atom is -0.344 e. The maximum atomic E-state index is 5.33. The first-order valence-corrected chi connectivity index (χ1v) is 18.7. The number of thiophene rings is 2. The number of fused-ring (bicyclic) bond motifs is 10. The molecule has 0 spiro atoms. The van der Waals surface area contributed by atoms with Crippen molar-refractivity contribution >= 4 is 96.6 Å². The number of nitrogens with one attached hydrogen (secondary N) is 1. The molecular formula is C45H28N4S2. The lowest BCUT2D eigenvalue weighted by Gasteiger charge is -2.24. The molecule has 51 heavy (non-hydrogen) atoms. The van der Waals surface area contributed by atoms with Crippen LogP contribution in [0.15, 0.2) is 168 Å². The van der Waals surface area contributed by atoms with Crippen LogP contribution in [0.5, 0.6) is 0 Å². The van der Waals surface area contributed by atoms with Gasteiger partial charge in [0.2, 0.25) is 5.96 Å². The third-order valence-electron chi connectivity index (χ3n) is 10.1. The summed E-state index contributed by atoms with van der Waals surface area (Å²) in [6.45, 7) is 0.